The molecule has 1 aliphatic rings. The van der Waals surface area contributed by atoms with Crippen molar-refractivity contribution in [3.05, 3.63) is 91.0 Å². The molecule has 0 fully saturated rings. The van der Waals surface area contributed by atoms with Crippen molar-refractivity contribution in [1.29, 1.82) is 0 Å². The molecule has 0 spiro atoms. The van der Waals surface area contributed by atoms with Crippen molar-refractivity contribution in [2.24, 2.45) is 0 Å². The number of fused-ring (bicyclic) bond motifs is 8. The number of hydrogen-bond acceptors (Lipinski definition) is 8. The number of hydrogen-bond donors (Lipinski definition) is 8. The molecule has 0 amide bonds. The molecular formula is C60H88O8. The summed E-state index contributed by atoms with van der Waals surface area (Å²) in [5.74, 6) is -2.66. The van der Waals surface area contributed by atoms with E-state index in [9.17, 15) is 40.9 Å². The Balaban J connectivity index is 1.96. The number of unbranched alkanes of at least 4 members (excludes halogenated alkanes) is 16. The number of benzene rings is 4. The lowest BCUT2D eigenvalue weighted by Gasteiger charge is -2.31. The van der Waals surface area contributed by atoms with Crippen molar-refractivity contribution >= 4 is 0 Å². The van der Waals surface area contributed by atoms with Gasteiger partial charge in [0.05, 0.1) is 0 Å². The van der Waals surface area contributed by atoms with Crippen molar-refractivity contribution in [3.63, 3.8) is 0 Å². The lowest BCUT2D eigenvalue weighted by Crippen LogP contribution is -2.13. The second kappa shape index (κ2) is 25.8. The van der Waals surface area contributed by atoms with E-state index in [-0.39, 0.29) is 46.0 Å². The summed E-state index contributed by atoms with van der Waals surface area (Å²) in [7, 11) is 0. The summed E-state index contributed by atoms with van der Waals surface area (Å²) in [4.78, 5) is 0. The number of phenols is 8. The zero-order valence-corrected chi connectivity index (χ0v) is 43.2. The van der Waals surface area contributed by atoms with Crippen molar-refractivity contribution in [1.82, 2.24) is 0 Å². The Bertz CT molecular complexity index is 1840. The number of rotatable bonds is 24. The third-order valence-electron chi connectivity index (χ3n) is 15.7. The van der Waals surface area contributed by atoms with Gasteiger partial charge in [0.25, 0.3) is 0 Å². The molecule has 0 saturated carbocycles. The van der Waals surface area contributed by atoms with Crippen LogP contribution in [0.4, 0.5) is 0 Å². The Morgan fingerprint density at radius 1 is 0.250 bits per heavy atom. The molecular weight excluding hydrogens is 849 g/mol. The van der Waals surface area contributed by atoms with Gasteiger partial charge in [0, 0.05) is 90.4 Å². The largest absolute Gasteiger partial charge is 0.507 e. The highest BCUT2D eigenvalue weighted by molar-refractivity contribution is 5.67. The molecule has 0 unspecified atom stereocenters. The lowest BCUT2D eigenvalue weighted by molar-refractivity contribution is 0.411. The van der Waals surface area contributed by atoms with Gasteiger partial charge in [0.15, 0.2) is 0 Å². The van der Waals surface area contributed by atoms with E-state index in [1.54, 1.807) is 27.7 Å². The first-order valence-electron chi connectivity index (χ1n) is 26.9. The Hall–Kier alpha value is -4.72. The second-order valence-corrected chi connectivity index (χ2v) is 20.5. The topological polar surface area (TPSA) is 162 Å². The van der Waals surface area contributed by atoms with Crippen molar-refractivity contribution in [2.45, 2.75) is 233 Å². The van der Waals surface area contributed by atoms with E-state index >= 15 is 0 Å². The van der Waals surface area contributed by atoms with E-state index in [0.29, 0.717) is 92.4 Å². The average Bonchev–Trinajstić information content (AvgIpc) is 3.33. The van der Waals surface area contributed by atoms with Crippen LogP contribution in [0.5, 0.6) is 46.0 Å². The predicted octanol–water partition coefficient (Wildman–Crippen LogP) is 16.8. The normalized spacial score (nSPS) is 16.9. The fraction of sp³-hybridized carbons (Fsp3) is 0.600. The van der Waals surface area contributed by atoms with Gasteiger partial charge in [0.1, 0.15) is 46.0 Å². The Morgan fingerprint density at radius 3 is 0.544 bits per heavy atom. The van der Waals surface area contributed by atoms with Gasteiger partial charge in [-0.05, 0) is 77.6 Å². The van der Waals surface area contributed by atoms with Gasteiger partial charge in [-0.25, -0.2) is 0 Å². The van der Waals surface area contributed by atoms with E-state index < -0.39 is 23.7 Å². The van der Waals surface area contributed by atoms with Crippen LogP contribution in [0, 0.1) is 27.7 Å². The van der Waals surface area contributed by atoms with Gasteiger partial charge in [-0.3, -0.25) is 0 Å². The molecule has 4 aromatic rings. The van der Waals surface area contributed by atoms with Crippen molar-refractivity contribution in [3.8, 4) is 46.0 Å². The van der Waals surface area contributed by atoms with Gasteiger partial charge < -0.3 is 40.9 Å². The predicted molar refractivity (Wildman–Crippen MR) is 279 cm³/mol. The molecule has 8 bridgehead atoms. The van der Waals surface area contributed by atoms with Crippen LogP contribution >= 0.6 is 0 Å². The molecule has 0 aromatic heterocycles. The van der Waals surface area contributed by atoms with Gasteiger partial charge in [-0.15, -0.1) is 0 Å². The second-order valence-electron chi connectivity index (χ2n) is 20.5. The summed E-state index contributed by atoms with van der Waals surface area (Å²) < 4.78 is 0. The van der Waals surface area contributed by atoms with Crippen molar-refractivity contribution < 1.29 is 40.9 Å². The molecule has 376 valence electrons. The third-order valence-corrected chi connectivity index (χ3v) is 15.7. The molecule has 8 N–H and O–H groups in total. The maximum absolute atomic E-state index is 12.3. The standard InChI is InChI=1S/C60H88O8/c1-9-13-17-21-25-29-41-45-33-47(55(63)37(5)53(45)61)42(30-26-22-18-14-10-2)49-35-51(59(67)39(7)57(49)65)44(32-28-24-20-16-12-4)52-36-50(58(66)40(8)60(52)68)43(31-27-23-19-15-11-3)48-34-46(41)54(62)38(6)56(48)64/h33-36,41-44,61-68H,9-32H2,1-8H3. The van der Waals surface area contributed by atoms with Gasteiger partial charge in [-0.2, -0.15) is 0 Å². The van der Waals surface area contributed by atoms with Crippen LogP contribution < -0.4 is 0 Å². The highest BCUT2D eigenvalue weighted by Crippen LogP contribution is 2.55. The molecule has 0 heterocycles. The molecule has 5 rings (SSSR count). The number of aromatic hydroxyl groups is 8. The zero-order chi connectivity index (χ0) is 49.7. The molecule has 8 heteroatoms. The van der Waals surface area contributed by atoms with Crippen molar-refractivity contribution in [2.75, 3.05) is 0 Å². The highest BCUT2D eigenvalue weighted by atomic mass is 16.3. The summed E-state index contributed by atoms with van der Waals surface area (Å²) in [5, 5.41) is 98.2. The third kappa shape index (κ3) is 12.2. The molecule has 0 saturated heterocycles. The van der Waals surface area contributed by atoms with E-state index in [0.717, 1.165) is 128 Å². The zero-order valence-electron chi connectivity index (χ0n) is 43.2. The summed E-state index contributed by atoms with van der Waals surface area (Å²) in [6, 6.07) is 7.55. The lowest BCUT2D eigenvalue weighted by atomic mass is 9.74. The maximum atomic E-state index is 12.3. The van der Waals surface area contributed by atoms with Crippen LogP contribution in [-0.2, 0) is 0 Å². The maximum Gasteiger partial charge on any atom is 0.126 e. The Kier molecular flexibility index (Phi) is 20.5. The number of phenolic OH excluding ortho intramolecular Hbond substituents is 8. The molecule has 1 aliphatic carbocycles. The monoisotopic (exact) mass is 937 g/mol. The first-order valence-corrected chi connectivity index (χ1v) is 26.9. The quantitative estimate of drug-likeness (QED) is 0.0322. The molecule has 4 aromatic carbocycles. The summed E-state index contributed by atoms with van der Waals surface area (Å²) in [6.45, 7) is 15.6. The van der Waals surface area contributed by atoms with E-state index in [2.05, 4.69) is 27.7 Å². The van der Waals surface area contributed by atoms with Crippen LogP contribution in [0.15, 0.2) is 24.3 Å². The minimum atomic E-state index is -0.551. The fourth-order valence-corrected chi connectivity index (χ4v) is 11.2. The van der Waals surface area contributed by atoms with Gasteiger partial charge in [0.2, 0.25) is 0 Å². The molecule has 68 heavy (non-hydrogen) atoms. The molecule has 0 aliphatic heterocycles. The molecule has 0 atom stereocenters. The van der Waals surface area contributed by atoms with Crippen LogP contribution in [0.25, 0.3) is 0 Å². The van der Waals surface area contributed by atoms with Crippen LogP contribution in [-0.4, -0.2) is 40.9 Å². The first kappa shape index (κ1) is 54.2. The molecule has 0 radical (unpaired) electrons. The highest BCUT2D eigenvalue weighted by Gasteiger charge is 2.35. The SMILES string of the molecule is CCCCCCCC1c2cc(c(O)c(C)c2O)C(CCCCCCC)c2cc(c(O)c(C)c2O)C(CCCCCCC)c2cc(c(O)c(C)c2O)C(CCCCCCC)c2cc1c(O)c(C)c2O. The summed E-state index contributed by atoms with van der Waals surface area (Å²) in [5.41, 5.74) is 5.71. The van der Waals surface area contributed by atoms with Crippen LogP contribution in [0.1, 0.15) is 272 Å². The molecule has 8 nitrogen and oxygen atoms in total. The fourth-order valence-electron chi connectivity index (χ4n) is 11.2. The van der Waals surface area contributed by atoms with Gasteiger partial charge in [-0.1, -0.05) is 156 Å². The van der Waals surface area contributed by atoms with E-state index in [1.807, 2.05) is 24.3 Å². The smallest absolute Gasteiger partial charge is 0.126 e. The van der Waals surface area contributed by atoms with Crippen LogP contribution in [0.3, 0.4) is 0 Å². The van der Waals surface area contributed by atoms with E-state index in [1.165, 1.54) is 0 Å². The Morgan fingerprint density at radius 2 is 0.397 bits per heavy atom. The van der Waals surface area contributed by atoms with Gasteiger partial charge >= 0.3 is 0 Å². The first-order chi connectivity index (χ1) is 32.7. The average molecular weight is 937 g/mol. The summed E-state index contributed by atoms with van der Waals surface area (Å²) >= 11 is 0. The van der Waals surface area contributed by atoms with Crippen LogP contribution in [0.2, 0.25) is 0 Å². The van der Waals surface area contributed by atoms with E-state index in [4.69, 9.17) is 0 Å². The Labute approximate surface area is 409 Å². The summed E-state index contributed by atoms with van der Waals surface area (Å²) in [6.07, 6.45) is 22.2. The minimum Gasteiger partial charge on any atom is -0.507 e. The minimum absolute atomic E-state index is 0.0573.